The van der Waals surface area contributed by atoms with Gasteiger partial charge in [0.1, 0.15) is 6.04 Å². The molecule has 2 atom stereocenters. The molecular formula is C14H24N2O4S. The van der Waals surface area contributed by atoms with Crippen LogP contribution in [0.25, 0.3) is 0 Å². The molecule has 0 aromatic rings. The van der Waals surface area contributed by atoms with Crippen molar-refractivity contribution >= 4 is 29.5 Å². The van der Waals surface area contributed by atoms with Crippen molar-refractivity contribution in [1.29, 1.82) is 0 Å². The fraction of sp³-hybridized carbons (Fsp3) is 0.786. The number of hydrogen-bond donors (Lipinski definition) is 2. The van der Waals surface area contributed by atoms with Gasteiger partial charge in [-0.2, -0.15) is 0 Å². The Labute approximate surface area is 129 Å². The van der Waals surface area contributed by atoms with Gasteiger partial charge in [0.15, 0.2) is 0 Å². The third-order valence-corrected chi connectivity index (χ3v) is 4.77. The molecule has 2 unspecified atom stereocenters. The van der Waals surface area contributed by atoms with Crippen molar-refractivity contribution in [2.24, 2.45) is 5.41 Å². The second kappa shape index (κ2) is 7.15. The Kier molecular flexibility index (Phi) is 6.07. The molecule has 0 radical (unpaired) electrons. The van der Waals surface area contributed by atoms with Gasteiger partial charge >= 0.3 is 5.97 Å². The summed E-state index contributed by atoms with van der Waals surface area (Å²) in [6, 6.07) is -0.759. The number of aliphatic carboxylic acids is 1. The first-order valence-corrected chi connectivity index (χ1v) is 8.17. The summed E-state index contributed by atoms with van der Waals surface area (Å²) in [5, 5.41) is 11.8. The maximum Gasteiger partial charge on any atom is 0.327 e. The van der Waals surface area contributed by atoms with Crippen LogP contribution in [-0.2, 0) is 14.4 Å². The maximum atomic E-state index is 12.3. The first kappa shape index (κ1) is 17.8. The average molecular weight is 316 g/mol. The number of hydrogen-bond acceptors (Lipinski definition) is 4. The summed E-state index contributed by atoms with van der Waals surface area (Å²) < 4.78 is 0. The highest BCUT2D eigenvalue weighted by molar-refractivity contribution is 8.00. The molecule has 0 aliphatic carbocycles. The number of nitrogens with zero attached hydrogens (tertiary/aromatic N) is 1. The van der Waals surface area contributed by atoms with E-state index >= 15 is 0 Å². The van der Waals surface area contributed by atoms with Crippen LogP contribution < -0.4 is 5.32 Å². The van der Waals surface area contributed by atoms with Gasteiger partial charge in [-0.05, 0) is 6.42 Å². The molecule has 0 bridgehead atoms. The van der Waals surface area contributed by atoms with Crippen LogP contribution >= 0.6 is 11.8 Å². The van der Waals surface area contributed by atoms with Gasteiger partial charge in [-0.1, -0.05) is 27.7 Å². The lowest BCUT2D eigenvalue weighted by Gasteiger charge is -2.27. The summed E-state index contributed by atoms with van der Waals surface area (Å²) in [7, 11) is 0. The first-order chi connectivity index (χ1) is 9.68. The molecule has 6 nitrogen and oxygen atoms in total. The zero-order valence-electron chi connectivity index (χ0n) is 13.0. The minimum Gasteiger partial charge on any atom is -0.480 e. The SMILES string of the molecule is CCC1SCC(C(=O)O)N1C(=O)CCNC(=O)C(C)(C)C. The van der Waals surface area contributed by atoms with Gasteiger partial charge in [-0.25, -0.2) is 4.79 Å². The number of carbonyl (C=O) groups excluding carboxylic acids is 2. The van der Waals surface area contributed by atoms with Crippen LogP contribution in [0.5, 0.6) is 0 Å². The van der Waals surface area contributed by atoms with E-state index in [0.29, 0.717) is 12.2 Å². The second-order valence-electron chi connectivity index (χ2n) is 6.11. The van der Waals surface area contributed by atoms with Gasteiger partial charge in [-0.3, -0.25) is 9.59 Å². The highest BCUT2D eigenvalue weighted by Crippen LogP contribution is 2.31. The van der Waals surface area contributed by atoms with Gasteiger partial charge in [0.2, 0.25) is 11.8 Å². The highest BCUT2D eigenvalue weighted by atomic mass is 32.2. The lowest BCUT2D eigenvalue weighted by Crippen LogP contribution is -2.46. The maximum absolute atomic E-state index is 12.3. The molecule has 0 spiro atoms. The summed E-state index contributed by atoms with van der Waals surface area (Å²) in [5.41, 5.74) is -0.498. The molecule has 1 saturated heterocycles. The highest BCUT2D eigenvalue weighted by Gasteiger charge is 2.40. The van der Waals surface area contributed by atoms with E-state index in [4.69, 9.17) is 0 Å². The Hall–Kier alpha value is -1.24. The summed E-state index contributed by atoms with van der Waals surface area (Å²) >= 11 is 1.50. The normalized spacial score (nSPS) is 22.2. The minimum absolute atomic E-state index is 0.0862. The van der Waals surface area contributed by atoms with E-state index in [0.717, 1.165) is 0 Å². The fourth-order valence-corrected chi connectivity index (χ4v) is 3.45. The van der Waals surface area contributed by atoms with Crippen LogP contribution in [0.1, 0.15) is 40.5 Å². The van der Waals surface area contributed by atoms with E-state index < -0.39 is 17.4 Å². The predicted molar refractivity (Wildman–Crippen MR) is 81.9 cm³/mol. The van der Waals surface area contributed by atoms with E-state index in [1.54, 1.807) is 20.8 Å². The number of rotatable bonds is 5. The second-order valence-corrected chi connectivity index (χ2v) is 7.32. The van der Waals surface area contributed by atoms with Crippen LogP contribution in [0.2, 0.25) is 0 Å². The molecule has 0 aromatic carbocycles. The van der Waals surface area contributed by atoms with Crippen molar-refractivity contribution in [1.82, 2.24) is 10.2 Å². The molecule has 1 aliphatic rings. The molecule has 7 heteroatoms. The van der Waals surface area contributed by atoms with E-state index in [1.807, 2.05) is 6.92 Å². The number of thioether (sulfide) groups is 1. The Bertz CT molecular complexity index is 420. The van der Waals surface area contributed by atoms with Gasteiger partial charge in [0.05, 0.1) is 5.37 Å². The van der Waals surface area contributed by atoms with Crippen LogP contribution in [-0.4, -0.2) is 51.5 Å². The molecule has 0 saturated carbocycles. The Morgan fingerprint density at radius 3 is 2.43 bits per heavy atom. The van der Waals surface area contributed by atoms with Crippen LogP contribution in [0.15, 0.2) is 0 Å². The lowest BCUT2D eigenvalue weighted by molar-refractivity contribution is -0.149. The molecule has 21 heavy (non-hydrogen) atoms. The van der Waals surface area contributed by atoms with Crippen LogP contribution in [0.4, 0.5) is 0 Å². The standard InChI is InChI=1S/C14H24N2O4S/c1-5-11-16(9(8-21-11)12(18)19)10(17)6-7-15-13(20)14(2,3)4/h9,11H,5-8H2,1-4H3,(H,15,20)(H,18,19). The molecule has 120 valence electrons. The molecule has 1 heterocycles. The fourth-order valence-electron chi connectivity index (χ4n) is 2.08. The van der Waals surface area contributed by atoms with Crippen molar-refractivity contribution in [3.63, 3.8) is 0 Å². The summed E-state index contributed by atoms with van der Waals surface area (Å²) in [6.45, 7) is 7.57. The molecule has 2 N–H and O–H groups in total. The van der Waals surface area contributed by atoms with E-state index in [9.17, 15) is 19.5 Å². The topological polar surface area (TPSA) is 86.7 Å². The average Bonchev–Trinajstić information content (AvgIpc) is 2.81. The van der Waals surface area contributed by atoms with E-state index in [1.165, 1.54) is 16.7 Å². The third kappa shape index (κ3) is 4.62. The van der Waals surface area contributed by atoms with Crippen LogP contribution in [0.3, 0.4) is 0 Å². The Balaban J connectivity index is 2.57. The van der Waals surface area contributed by atoms with Gasteiger partial charge in [-0.15, -0.1) is 11.8 Å². The Morgan fingerprint density at radius 2 is 1.95 bits per heavy atom. The molecule has 1 aliphatic heterocycles. The number of carboxylic acids is 1. The van der Waals surface area contributed by atoms with Crippen molar-refractivity contribution in [2.45, 2.75) is 52.0 Å². The summed E-state index contributed by atoms with van der Waals surface area (Å²) in [6.07, 6.45) is 0.844. The van der Waals surface area contributed by atoms with E-state index in [2.05, 4.69) is 5.32 Å². The number of amides is 2. The largest absolute Gasteiger partial charge is 0.480 e. The van der Waals surface area contributed by atoms with Crippen molar-refractivity contribution < 1.29 is 19.5 Å². The van der Waals surface area contributed by atoms with Gasteiger partial charge in [0, 0.05) is 24.1 Å². The molecule has 2 amide bonds. The molecule has 1 rings (SSSR count). The van der Waals surface area contributed by atoms with Crippen molar-refractivity contribution in [3.8, 4) is 0 Å². The minimum atomic E-state index is -0.967. The van der Waals surface area contributed by atoms with Crippen molar-refractivity contribution in [3.05, 3.63) is 0 Å². The van der Waals surface area contributed by atoms with Crippen LogP contribution in [0, 0.1) is 5.41 Å². The summed E-state index contributed by atoms with van der Waals surface area (Å²) in [4.78, 5) is 36.7. The van der Waals surface area contributed by atoms with E-state index in [-0.39, 0.29) is 30.2 Å². The van der Waals surface area contributed by atoms with Crippen molar-refractivity contribution in [2.75, 3.05) is 12.3 Å². The summed E-state index contributed by atoms with van der Waals surface area (Å²) in [5.74, 6) is -0.875. The van der Waals surface area contributed by atoms with Gasteiger partial charge < -0.3 is 15.3 Å². The first-order valence-electron chi connectivity index (χ1n) is 7.12. The Morgan fingerprint density at radius 1 is 1.33 bits per heavy atom. The monoisotopic (exact) mass is 316 g/mol. The number of carbonyl (C=O) groups is 3. The quantitative estimate of drug-likeness (QED) is 0.798. The predicted octanol–water partition coefficient (Wildman–Crippen LogP) is 1.30. The zero-order chi connectivity index (χ0) is 16.2. The molecule has 1 fully saturated rings. The number of nitrogens with one attached hydrogen (secondary N) is 1. The third-order valence-electron chi connectivity index (χ3n) is 3.32. The molecular weight excluding hydrogens is 292 g/mol. The van der Waals surface area contributed by atoms with Gasteiger partial charge in [0.25, 0.3) is 0 Å². The lowest BCUT2D eigenvalue weighted by atomic mass is 9.96. The number of carboxylic acid groups (broad SMARTS) is 1. The zero-order valence-corrected chi connectivity index (χ0v) is 13.8. The smallest absolute Gasteiger partial charge is 0.327 e. The molecule has 0 aromatic heterocycles.